The quantitative estimate of drug-likeness (QED) is 0.542. The highest BCUT2D eigenvalue weighted by atomic mass is 16.5. The van der Waals surface area contributed by atoms with Gasteiger partial charge in [0.1, 0.15) is 30.9 Å². The van der Waals surface area contributed by atoms with E-state index in [-0.39, 0.29) is 36.9 Å². The first-order valence-electron chi connectivity index (χ1n) is 13.0. The van der Waals surface area contributed by atoms with E-state index in [1.807, 2.05) is 32.9 Å². The summed E-state index contributed by atoms with van der Waals surface area (Å²) >= 11 is 0. The molecule has 0 bridgehead atoms. The number of nitrogens with one attached hydrogen (secondary N) is 1. The highest BCUT2D eigenvalue weighted by molar-refractivity contribution is 5.99. The average Bonchev–Trinajstić information content (AvgIpc) is 3.45. The molecular formula is C27H40N4O6. The third kappa shape index (κ3) is 5.98. The Bertz CT molecular complexity index is 970. The predicted octanol–water partition coefficient (Wildman–Crippen LogP) is 0.793. The molecule has 3 fully saturated rings. The van der Waals surface area contributed by atoms with Crippen LogP contribution in [-0.4, -0.2) is 118 Å². The summed E-state index contributed by atoms with van der Waals surface area (Å²) < 4.78 is 16.3. The van der Waals surface area contributed by atoms with Crippen LogP contribution in [0.15, 0.2) is 24.3 Å². The second-order valence-corrected chi connectivity index (χ2v) is 11.1. The number of methoxy groups -OCH3 is 2. The topological polar surface area (TPSA) is 101 Å². The third-order valence-corrected chi connectivity index (χ3v) is 7.59. The van der Waals surface area contributed by atoms with Crippen LogP contribution in [-0.2, 0) is 23.8 Å². The molecule has 3 heterocycles. The fraction of sp³-hybridized carbons (Fsp3) is 0.667. The monoisotopic (exact) mass is 516 g/mol. The molecule has 4 atom stereocenters. The smallest absolute Gasteiger partial charge is 0.251 e. The van der Waals surface area contributed by atoms with Crippen LogP contribution in [0, 0.1) is 5.41 Å². The average molecular weight is 517 g/mol. The zero-order valence-electron chi connectivity index (χ0n) is 22.6. The number of likely N-dealkylation sites (tertiary alicyclic amines) is 1. The van der Waals surface area contributed by atoms with Crippen LogP contribution in [0.5, 0.6) is 0 Å². The number of ether oxygens (including phenoxy) is 3. The molecule has 10 heteroatoms. The molecule has 0 spiro atoms. The Hall–Kier alpha value is -2.53. The number of carbonyl (C=O) groups excluding carboxylic acids is 3. The molecule has 0 aromatic heterocycles. The molecule has 1 unspecified atom stereocenters. The van der Waals surface area contributed by atoms with Crippen molar-refractivity contribution in [2.75, 3.05) is 71.6 Å². The van der Waals surface area contributed by atoms with E-state index in [2.05, 4.69) is 15.1 Å². The Morgan fingerprint density at radius 2 is 1.78 bits per heavy atom. The van der Waals surface area contributed by atoms with E-state index in [0.29, 0.717) is 5.56 Å². The number of Topliss-reactive ketones (excluding diaryl/α,β-unsaturated/α-hetero) is 1. The summed E-state index contributed by atoms with van der Waals surface area (Å²) in [4.78, 5) is 45.6. The second kappa shape index (κ2) is 11.5. The Morgan fingerprint density at radius 3 is 2.38 bits per heavy atom. The number of amides is 2. The minimum atomic E-state index is -0.815. The Balaban J connectivity index is 1.41. The van der Waals surface area contributed by atoms with Gasteiger partial charge in [-0.1, -0.05) is 20.8 Å². The maximum absolute atomic E-state index is 13.7. The van der Waals surface area contributed by atoms with E-state index in [4.69, 9.17) is 14.2 Å². The van der Waals surface area contributed by atoms with Gasteiger partial charge in [-0.25, -0.2) is 0 Å². The number of benzene rings is 1. The van der Waals surface area contributed by atoms with Crippen molar-refractivity contribution in [1.82, 2.24) is 15.1 Å². The number of fused-ring (bicyclic) bond motifs is 1. The Kier molecular flexibility index (Phi) is 8.52. The SMILES string of the molecule is COCCN1CCN(c2ccc(C(=O)NC(C(=O)N3C[C@@H](OC)[C@H]4OCC(=O)[C@H]43)C(C)(C)C)cc2)CC1. The lowest BCUT2D eigenvalue weighted by Gasteiger charge is -2.36. The van der Waals surface area contributed by atoms with Gasteiger partial charge in [0.05, 0.1) is 13.2 Å². The molecule has 10 nitrogen and oxygen atoms in total. The number of piperazine rings is 1. The van der Waals surface area contributed by atoms with Crippen LogP contribution in [0.1, 0.15) is 31.1 Å². The van der Waals surface area contributed by atoms with Crippen molar-refractivity contribution in [2.45, 2.75) is 45.1 Å². The van der Waals surface area contributed by atoms with Crippen LogP contribution >= 0.6 is 0 Å². The lowest BCUT2D eigenvalue weighted by molar-refractivity contribution is -0.140. The molecule has 0 aliphatic carbocycles. The summed E-state index contributed by atoms with van der Waals surface area (Å²) in [5.74, 6) is -0.749. The van der Waals surface area contributed by atoms with Gasteiger partial charge in [0.25, 0.3) is 5.91 Å². The Labute approximate surface area is 219 Å². The molecule has 0 radical (unpaired) electrons. The van der Waals surface area contributed by atoms with Crippen LogP contribution in [0.4, 0.5) is 5.69 Å². The minimum Gasteiger partial charge on any atom is -0.383 e. The highest BCUT2D eigenvalue weighted by Gasteiger charge is 2.54. The number of carbonyl (C=O) groups is 3. The van der Waals surface area contributed by atoms with Crippen LogP contribution < -0.4 is 10.2 Å². The molecule has 37 heavy (non-hydrogen) atoms. The van der Waals surface area contributed by atoms with Crippen molar-refractivity contribution in [1.29, 1.82) is 0 Å². The lowest BCUT2D eigenvalue weighted by Crippen LogP contribution is -2.57. The summed E-state index contributed by atoms with van der Waals surface area (Å²) in [5, 5.41) is 2.95. The van der Waals surface area contributed by atoms with Gasteiger partial charge in [-0.05, 0) is 29.7 Å². The number of anilines is 1. The summed E-state index contributed by atoms with van der Waals surface area (Å²) in [6.07, 6.45) is -0.835. The molecule has 204 valence electrons. The number of hydrogen-bond acceptors (Lipinski definition) is 8. The minimum absolute atomic E-state index is 0.0277. The number of ketones is 1. The molecule has 4 rings (SSSR count). The van der Waals surface area contributed by atoms with Gasteiger partial charge >= 0.3 is 0 Å². The molecule has 1 N–H and O–H groups in total. The van der Waals surface area contributed by atoms with E-state index in [1.54, 1.807) is 26.4 Å². The Morgan fingerprint density at radius 1 is 1.11 bits per heavy atom. The third-order valence-electron chi connectivity index (χ3n) is 7.59. The van der Waals surface area contributed by atoms with Crippen LogP contribution in [0.3, 0.4) is 0 Å². The molecule has 1 aromatic rings. The predicted molar refractivity (Wildman–Crippen MR) is 139 cm³/mol. The maximum atomic E-state index is 13.7. The van der Waals surface area contributed by atoms with Crippen molar-refractivity contribution in [3.8, 4) is 0 Å². The first-order chi connectivity index (χ1) is 17.6. The molecule has 2 amide bonds. The fourth-order valence-electron chi connectivity index (χ4n) is 5.35. The van der Waals surface area contributed by atoms with Gasteiger partial charge in [-0.15, -0.1) is 0 Å². The molecule has 0 saturated carbocycles. The number of hydrogen-bond donors (Lipinski definition) is 1. The van der Waals surface area contributed by atoms with E-state index >= 15 is 0 Å². The van der Waals surface area contributed by atoms with Gasteiger partial charge < -0.3 is 29.3 Å². The van der Waals surface area contributed by atoms with Crippen molar-refractivity contribution >= 4 is 23.3 Å². The molecule has 3 aliphatic heterocycles. The van der Waals surface area contributed by atoms with Crippen molar-refractivity contribution in [3.63, 3.8) is 0 Å². The summed E-state index contributed by atoms with van der Waals surface area (Å²) in [6.45, 7) is 11.4. The molecule has 1 aromatic carbocycles. The van der Waals surface area contributed by atoms with E-state index in [0.717, 1.165) is 45.0 Å². The summed E-state index contributed by atoms with van der Waals surface area (Å²) in [6, 6.07) is 6.02. The van der Waals surface area contributed by atoms with Gasteiger partial charge in [-0.2, -0.15) is 0 Å². The largest absolute Gasteiger partial charge is 0.383 e. The van der Waals surface area contributed by atoms with E-state index in [1.165, 1.54) is 4.90 Å². The van der Waals surface area contributed by atoms with Gasteiger partial charge in [0, 0.05) is 58.2 Å². The molecule has 3 aliphatic rings. The lowest BCUT2D eigenvalue weighted by atomic mass is 9.85. The second-order valence-electron chi connectivity index (χ2n) is 11.1. The van der Waals surface area contributed by atoms with Crippen LogP contribution in [0.25, 0.3) is 0 Å². The van der Waals surface area contributed by atoms with Crippen molar-refractivity contribution < 1.29 is 28.6 Å². The van der Waals surface area contributed by atoms with Crippen molar-refractivity contribution in [2.24, 2.45) is 5.41 Å². The van der Waals surface area contributed by atoms with E-state index < -0.39 is 23.6 Å². The van der Waals surface area contributed by atoms with Crippen molar-refractivity contribution in [3.05, 3.63) is 29.8 Å². The summed E-state index contributed by atoms with van der Waals surface area (Å²) in [7, 11) is 3.27. The first-order valence-corrected chi connectivity index (χ1v) is 13.0. The van der Waals surface area contributed by atoms with Gasteiger partial charge in [-0.3, -0.25) is 19.3 Å². The number of nitrogens with zero attached hydrogens (tertiary/aromatic N) is 3. The zero-order chi connectivity index (χ0) is 26.7. The standard InChI is InChI=1S/C27H40N4O6/c1-27(2,3)24(26(34)31-16-21(36-5)23-22(31)20(32)17-37-23)28-25(33)18-6-8-19(9-7-18)30-12-10-29(11-13-30)14-15-35-4/h6-9,21-24H,10-17H2,1-5H3,(H,28,33)/t21-,22-,23-,24?/m1/s1. The maximum Gasteiger partial charge on any atom is 0.251 e. The zero-order valence-corrected chi connectivity index (χ0v) is 22.6. The van der Waals surface area contributed by atoms with Gasteiger partial charge in [0.15, 0.2) is 5.78 Å². The van der Waals surface area contributed by atoms with Crippen LogP contribution in [0.2, 0.25) is 0 Å². The highest BCUT2D eigenvalue weighted by Crippen LogP contribution is 2.32. The first kappa shape index (κ1) is 27.5. The molecule has 3 saturated heterocycles. The van der Waals surface area contributed by atoms with E-state index in [9.17, 15) is 14.4 Å². The van der Waals surface area contributed by atoms with Gasteiger partial charge in [0.2, 0.25) is 5.91 Å². The normalized spacial score (nSPS) is 25.3. The fourth-order valence-corrected chi connectivity index (χ4v) is 5.35. The molecular weight excluding hydrogens is 476 g/mol. The number of rotatable bonds is 8. The summed E-state index contributed by atoms with van der Waals surface area (Å²) in [5.41, 5.74) is 0.983.